The summed E-state index contributed by atoms with van der Waals surface area (Å²) in [5, 5.41) is 13.8. The summed E-state index contributed by atoms with van der Waals surface area (Å²) in [5.41, 5.74) is 0.0959. The number of ether oxygens (including phenoxy) is 1. The number of thiophene rings is 1. The van der Waals surface area contributed by atoms with Gasteiger partial charge in [0.2, 0.25) is 5.43 Å². The van der Waals surface area contributed by atoms with Crippen molar-refractivity contribution >= 4 is 39.8 Å². The van der Waals surface area contributed by atoms with Crippen molar-refractivity contribution in [3.63, 3.8) is 0 Å². The van der Waals surface area contributed by atoms with Crippen LogP contribution in [0.5, 0.6) is 0 Å². The zero-order valence-electron chi connectivity index (χ0n) is 17.1. The number of aromatic nitrogens is 1. The minimum Gasteiger partial charge on any atom is -0.477 e. The number of nitrogens with one attached hydrogen (secondary N) is 1. The number of hydrogen-bond donors (Lipinski definition) is 2. The Morgan fingerprint density at radius 1 is 1.28 bits per heavy atom. The summed E-state index contributed by atoms with van der Waals surface area (Å²) >= 11 is 1.28. The lowest BCUT2D eigenvalue weighted by molar-refractivity contribution is 0.0694. The van der Waals surface area contributed by atoms with Crippen molar-refractivity contribution in [2.24, 2.45) is 0 Å². The second kappa shape index (κ2) is 8.14. The maximum atomic E-state index is 14.9. The molecule has 3 heterocycles. The molecule has 0 bridgehead atoms. The Morgan fingerprint density at radius 2 is 2.09 bits per heavy atom. The molecule has 0 radical (unpaired) electrons. The molecule has 3 aromatic rings. The van der Waals surface area contributed by atoms with Crippen LogP contribution in [0, 0.1) is 5.82 Å². The zero-order chi connectivity index (χ0) is 22.4. The topological polar surface area (TPSA) is 97.6 Å². The Bertz CT molecular complexity index is 1290. The average molecular weight is 456 g/mol. The number of rotatable bonds is 6. The van der Waals surface area contributed by atoms with Gasteiger partial charge >= 0.3 is 5.97 Å². The predicted octanol–water partition coefficient (Wildman–Crippen LogP) is 4.21. The van der Waals surface area contributed by atoms with Gasteiger partial charge in [0.05, 0.1) is 22.2 Å². The summed E-state index contributed by atoms with van der Waals surface area (Å²) in [4.78, 5) is 37.5. The monoisotopic (exact) mass is 456 g/mol. The molecule has 1 unspecified atom stereocenters. The van der Waals surface area contributed by atoms with Gasteiger partial charge in [-0.05, 0) is 54.8 Å². The van der Waals surface area contributed by atoms with Gasteiger partial charge in [-0.3, -0.25) is 9.59 Å². The number of pyridine rings is 1. The van der Waals surface area contributed by atoms with Gasteiger partial charge in [0.1, 0.15) is 11.4 Å². The Kier molecular flexibility index (Phi) is 5.30. The SMILES string of the molecule is O=C(Nc1cc2c(cc1F)c(=O)c(C(=O)O)cn2C1CC1)c1sccc1CC1CCCO1. The number of halogens is 1. The molecule has 32 heavy (non-hydrogen) atoms. The van der Waals surface area contributed by atoms with Crippen LogP contribution in [0.4, 0.5) is 10.1 Å². The number of carboxylic acids is 1. The maximum absolute atomic E-state index is 14.9. The quantitative estimate of drug-likeness (QED) is 0.579. The summed E-state index contributed by atoms with van der Waals surface area (Å²) in [7, 11) is 0. The Hall–Kier alpha value is -3.04. The van der Waals surface area contributed by atoms with Crippen LogP contribution in [0.1, 0.15) is 57.3 Å². The van der Waals surface area contributed by atoms with E-state index in [0.717, 1.165) is 43.9 Å². The maximum Gasteiger partial charge on any atom is 0.341 e. The van der Waals surface area contributed by atoms with Crippen molar-refractivity contribution in [1.29, 1.82) is 0 Å². The summed E-state index contributed by atoms with van der Waals surface area (Å²) in [6.45, 7) is 0.727. The van der Waals surface area contributed by atoms with Crippen LogP contribution < -0.4 is 10.7 Å². The molecular formula is C23H21FN2O5S. The van der Waals surface area contributed by atoms with Gasteiger partial charge in [-0.1, -0.05) is 0 Å². The molecule has 1 saturated heterocycles. The van der Waals surface area contributed by atoms with Crippen LogP contribution >= 0.6 is 11.3 Å². The number of anilines is 1. The molecule has 1 aliphatic carbocycles. The average Bonchev–Trinajstić information content (AvgIpc) is 3.27. The van der Waals surface area contributed by atoms with E-state index in [-0.39, 0.29) is 23.2 Å². The van der Waals surface area contributed by atoms with E-state index >= 15 is 0 Å². The number of amides is 1. The van der Waals surface area contributed by atoms with Crippen LogP contribution in [-0.4, -0.2) is 34.3 Å². The lowest BCUT2D eigenvalue weighted by Crippen LogP contribution is -2.20. The van der Waals surface area contributed by atoms with E-state index in [2.05, 4.69) is 5.32 Å². The number of aromatic carboxylic acids is 1. The van der Waals surface area contributed by atoms with Crippen molar-refractivity contribution in [3.05, 3.63) is 61.8 Å². The molecule has 1 atom stereocenters. The third-order valence-corrected chi connectivity index (χ3v) is 6.92. The summed E-state index contributed by atoms with van der Waals surface area (Å²) < 4.78 is 22.2. The molecule has 1 aromatic carbocycles. The number of nitrogens with zero attached hydrogens (tertiary/aromatic N) is 1. The number of hydrogen-bond acceptors (Lipinski definition) is 5. The highest BCUT2D eigenvalue weighted by Crippen LogP contribution is 2.38. The fourth-order valence-electron chi connectivity index (χ4n) is 4.20. The van der Waals surface area contributed by atoms with Crippen molar-refractivity contribution < 1.29 is 23.8 Å². The largest absolute Gasteiger partial charge is 0.477 e. The van der Waals surface area contributed by atoms with Crippen molar-refractivity contribution in [2.75, 3.05) is 11.9 Å². The molecule has 5 rings (SSSR count). The fourth-order valence-corrected chi connectivity index (χ4v) is 5.03. The number of benzene rings is 1. The first kappa shape index (κ1) is 20.8. The van der Waals surface area contributed by atoms with E-state index < -0.39 is 28.7 Å². The molecule has 1 saturated carbocycles. The van der Waals surface area contributed by atoms with Gasteiger partial charge in [-0.25, -0.2) is 9.18 Å². The number of carboxylic acid groups (broad SMARTS) is 1. The second-order valence-electron chi connectivity index (χ2n) is 8.23. The standard InChI is InChI=1S/C23H21FN2O5S/c24-17-9-15-19(26(13-3-4-13)11-16(20(15)27)23(29)30)10-18(17)25-22(28)21-12(5-7-32-21)8-14-2-1-6-31-14/h5,7,9-11,13-14H,1-4,6,8H2,(H,25,28)(H,29,30). The van der Waals surface area contributed by atoms with Gasteiger partial charge in [0.25, 0.3) is 5.91 Å². The van der Waals surface area contributed by atoms with Crippen molar-refractivity contribution in [3.8, 4) is 0 Å². The highest BCUT2D eigenvalue weighted by molar-refractivity contribution is 7.12. The first-order valence-corrected chi connectivity index (χ1v) is 11.4. The molecular weight excluding hydrogens is 435 g/mol. The third-order valence-electron chi connectivity index (χ3n) is 5.96. The molecule has 2 N–H and O–H groups in total. The van der Waals surface area contributed by atoms with Crippen LogP contribution in [0.3, 0.4) is 0 Å². The highest BCUT2D eigenvalue weighted by atomic mass is 32.1. The smallest absolute Gasteiger partial charge is 0.341 e. The minimum atomic E-state index is -1.35. The van der Waals surface area contributed by atoms with E-state index in [9.17, 15) is 23.9 Å². The molecule has 2 fully saturated rings. The van der Waals surface area contributed by atoms with Crippen molar-refractivity contribution in [1.82, 2.24) is 4.57 Å². The molecule has 0 spiro atoms. The summed E-state index contributed by atoms with van der Waals surface area (Å²) in [6.07, 6.45) is 5.68. The Labute approximate surface area is 186 Å². The highest BCUT2D eigenvalue weighted by Gasteiger charge is 2.28. The first-order chi connectivity index (χ1) is 15.4. The normalized spacial score (nSPS) is 18.2. The van der Waals surface area contributed by atoms with Crippen LogP contribution in [0.25, 0.3) is 10.9 Å². The van der Waals surface area contributed by atoms with E-state index in [1.165, 1.54) is 23.6 Å². The lowest BCUT2D eigenvalue weighted by atomic mass is 10.1. The zero-order valence-corrected chi connectivity index (χ0v) is 17.9. The van der Waals surface area contributed by atoms with Gasteiger partial charge < -0.3 is 19.7 Å². The number of carbonyl (C=O) groups excluding carboxylic acids is 1. The molecule has 2 aliphatic rings. The van der Waals surface area contributed by atoms with Gasteiger partial charge in [-0.2, -0.15) is 0 Å². The van der Waals surface area contributed by atoms with E-state index in [1.807, 2.05) is 11.4 Å². The van der Waals surface area contributed by atoms with E-state index in [4.69, 9.17) is 4.74 Å². The second-order valence-corrected chi connectivity index (χ2v) is 9.15. The minimum absolute atomic E-state index is 0.0116. The van der Waals surface area contributed by atoms with Gasteiger partial charge in [0, 0.05) is 30.7 Å². The fraction of sp³-hybridized carbons (Fsp3) is 0.348. The molecule has 7 nitrogen and oxygen atoms in total. The Morgan fingerprint density at radius 3 is 2.78 bits per heavy atom. The van der Waals surface area contributed by atoms with Gasteiger partial charge in [0.15, 0.2) is 0 Å². The van der Waals surface area contributed by atoms with Crippen LogP contribution in [0.2, 0.25) is 0 Å². The number of carbonyl (C=O) groups is 2. The first-order valence-electron chi connectivity index (χ1n) is 10.5. The van der Waals surface area contributed by atoms with Crippen molar-refractivity contribution in [2.45, 2.75) is 44.2 Å². The number of fused-ring (bicyclic) bond motifs is 1. The molecule has 9 heteroatoms. The molecule has 166 valence electrons. The summed E-state index contributed by atoms with van der Waals surface area (Å²) in [5.74, 6) is -2.56. The van der Waals surface area contributed by atoms with E-state index in [1.54, 1.807) is 4.57 Å². The van der Waals surface area contributed by atoms with Gasteiger partial charge in [-0.15, -0.1) is 11.3 Å². The van der Waals surface area contributed by atoms with Crippen LogP contribution in [-0.2, 0) is 11.2 Å². The molecule has 2 aromatic heterocycles. The summed E-state index contributed by atoms with van der Waals surface area (Å²) in [6, 6.07) is 4.37. The lowest BCUT2D eigenvalue weighted by Gasteiger charge is -2.14. The van der Waals surface area contributed by atoms with E-state index in [0.29, 0.717) is 16.8 Å². The third kappa shape index (κ3) is 3.82. The molecule has 1 amide bonds. The molecule has 1 aliphatic heterocycles. The predicted molar refractivity (Wildman–Crippen MR) is 118 cm³/mol. The Balaban J connectivity index is 1.49. The van der Waals surface area contributed by atoms with Crippen LogP contribution in [0.15, 0.2) is 34.6 Å².